The Morgan fingerprint density at radius 3 is 1.92 bits per heavy atom. The van der Waals surface area contributed by atoms with Crippen LogP contribution < -0.4 is 0 Å². The second kappa shape index (κ2) is 14.9. The number of rotatable bonds is 7. The monoisotopic (exact) mass is 754 g/mol. The van der Waals surface area contributed by atoms with Crippen LogP contribution in [-0.2, 0) is 0 Å². The smallest absolute Gasteiger partial charge is 0.145 e. The lowest BCUT2D eigenvalue weighted by molar-refractivity contribution is 0.876. The molecule has 0 radical (unpaired) electrons. The molecule has 0 saturated carbocycles. The number of hydrogen-bond donors (Lipinski definition) is 0. The first-order valence-electron chi connectivity index (χ1n) is 20.8. The quantitative estimate of drug-likeness (QED) is 0.148. The van der Waals surface area contributed by atoms with E-state index < -0.39 is 0 Å². The minimum atomic E-state index is 0.257. The van der Waals surface area contributed by atoms with Crippen LogP contribution in [0.2, 0.25) is 0 Å². The van der Waals surface area contributed by atoms with Crippen LogP contribution >= 0.6 is 0 Å². The normalized spacial score (nSPS) is 15.2. The highest BCUT2D eigenvalue weighted by Gasteiger charge is 2.26. The van der Waals surface area contributed by atoms with Crippen molar-refractivity contribution in [2.45, 2.75) is 25.2 Å². The van der Waals surface area contributed by atoms with Gasteiger partial charge in [-0.25, -0.2) is 4.98 Å². The molecule has 1 aromatic heterocycles. The van der Waals surface area contributed by atoms with Gasteiger partial charge in [0.05, 0.1) is 11.0 Å². The molecule has 0 N–H and O–H groups in total. The highest BCUT2D eigenvalue weighted by atomic mass is 15.1. The van der Waals surface area contributed by atoms with Gasteiger partial charge in [-0.15, -0.1) is 0 Å². The van der Waals surface area contributed by atoms with Crippen LogP contribution in [0, 0.1) is 0 Å². The number of para-hydroxylation sites is 2. The maximum atomic E-state index is 5.18. The largest absolute Gasteiger partial charge is 0.296 e. The van der Waals surface area contributed by atoms with Crippen molar-refractivity contribution in [2.75, 3.05) is 0 Å². The van der Waals surface area contributed by atoms with E-state index in [9.17, 15) is 0 Å². The number of imidazole rings is 1. The van der Waals surface area contributed by atoms with Gasteiger partial charge in [0.2, 0.25) is 0 Å². The zero-order chi connectivity index (χ0) is 39.1. The lowest BCUT2D eigenvalue weighted by Crippen LogP contribution is -2.06. The van der Waals surface area contributed by atoms with Crippen LogP contribution in [0.4, 0.5) is 0 Å². The Balaban J connectivity index is 1.13. The Labute approximate surface area is 345 Å². The minimum Gasteiger partial charge on any atom is -0.296 e. The van der Waals surface area contributed by atoms with Crippen LogP contribution in [0.5, 0.6) is 0 Å². The number of benzene rings is 8. The average molecular weight is 755 g/mol. The Bertz CT molecular complexity index is 3160. The van der Waals surface area contributed by atoms with Crippen LogP contribution in [0.1, 0.15) is 36.3 Å². The molecule has 280 valence electrons. The summed E-state index contributed by atoms with van der Waals surface area (Å²) in [6.07, 6.45) is 16.6. The van der Waals surface area contributed by atoms with Gasteiger partial charge in [-0.2, -0.15) is 0 Å². The van der Waals surface area contributed by atoms with E-state index in [2.05, 4.69) is 217 Å². The van der Waals surface area contributed by atoms with Crippen molar-refractivity contribution in [3.05, 3.63) is 224 Å². The van der Waals surface area contributed by atoms with E-state index in [0.29, 0.717) is 0 Å². The first kappa shape index (κ1) is 34.9. The molecule has 0 amide bonds. The summed E-state index contributed by atoms with van der Waals surface area (Å²) in [7, 11) is 0. The molecule has 0 spiro atoms. The van der Waals surface area contributed by atoms with Crippen molar-refractivity contribution in [3.8, 4) is 44.8 Å². The van der Waals surface area contributed by atoms with Crippen LogP contribution in [-0.4, -0.2) is 9.55 Å². The fraction of sp³-hybridized carbons (Fsp3) is 0.0702. The van der Waals surface area contributed by atoms with E-state index >= 15 is 0 Å². The number of aromatic nitrogens is 2. The summed E-state index contributed by atoms with van der Waals surface area (Å²) in [5.41, 5.74) is 15.9. The summed E-state index contributed by atoms with van der Waals surface area (Å²) in [4.78, 5) is 5.18. The fourth-order valence-corrected chi connectivity index (χ4v) is 9.52. The molecule has 1 heterocycles. The molecule has 0 fully saturated rings. The number of fused-ring (bicyclic) bond motifs is 3. The first-order chi connectivity index (χ1) is 29.3. The maximum Gasteiger partial charge on any atom is 0.145 e. The molecule has 2 aliphatic carbocycles. The highest BCUT2D eigenvalue weighted by Crippen LogP contribution is 2.49. The number of allylic oxidation sites excluding steroid dienone is 8. The molecule has 59 heavy (non-hydrogen) atoms. The van der Waals surface area contributed by atoms with E-state index in [1.54, 1.807) is 0 Å². The van der Waals surface area contributed by atoms with Gasteiger partial charge in [0.25, 0.3) is 0 Å². The van der Waals surface area contributed by atoms with E-state index in [0.717, 1.165) is 41.7 Å². The molecule has 11 rings (SSSR count). The second-order valence-corrected chi connectivity index (χ2v) is 15.7. The predicted molar refractivity (Wildman–Crippen MR) is 250 cm³/mol. The van der Waals surface area contributed by atoms with Gasteiger partial charge in [0.1, 0.15) is 5.82 Å². The topological polar surface area (TPSA) is 17.8 Å². The Kier molecular flexibility index (Phi) is 8.82. The summed E-state index contributed by atoms with van der Waals surface area (Å²) in [5, 5.41) is 5.07. The Morgan fingerprint density at radius 2 is 1.12 bits per heavy atom. The molecule has 1 atom stereocenters. The third kappa shape index (κ3) is 6.16. The van der Waals surface area contributed by atoms with Crippen LogP contribution in [0.15, 0.2) is 212 Å². The molecule has 0 bridgehead atoms. The molecular weight excluding hydrogens is 713 g/mol. The van der Waals surface area contributed by atoms with Gasteiger partial charge >= 0.3 is 0 Å². The van der Waals surface area contributed by atoms with Gasteiger partial charge in [0, 0.05) is 17.2 Å². The van der Waals surface area contributed by atoms with Crippen molar-refractivity contribution < 1.29 is 0 Å². The zero-order valence-corrected chi connectivity index (χ0v) is 32.8. The summed E-state index contributed by atoms with van der Waals surface area (Å²) in [5.74, 6) is 1.24. The maximum absolute atomic E-state index is 5.18. The molecule has 2 nitrogen and oxygen atoms in total. The molecule has 0 aliphatic heterocycles. The summed E-state index contributed by atoms with van der Waals surface area (Å²) in [6, 6.07) is 64.5. The summed E-state index contributed by atoms with van der Waals surface area (Å²) < 4.78 is 2.35. The van der Waals surface area contributed by atoms with E-state index in [1.165, 1.54) is 77.3 Å². The number of nitrogens with zero attached hydrogens (tertiary/aromatic N) is 2. The van der Waals surface area contributed by atoms with Gasteiger partial charge in [-0.1, -0.05) is 188 Å². The van der Waals surface area contributed by atoms with Gasteiger partial charge < -0.3 is 0 Å². The van der Waals surface area contributed by atoms with Crippen LogP contribution in [0.3, 0.4) is 0 Å². The predicted octanol–water partition coefficient (Wildman–Crippen LogP) is 15.3. The minimum absolute atomic E-state index is 0.257. The standard InChI is InChI=1S/C57H42N2/c1-4-18-40(19-5-1)45-24-10-12-26-47(45)55-49-28-14-15-29-50(49)56(48-27-13-11-25-46(48)41-20-6-2-7-21-41)52-38-43(36-37-51(52)55)39-32-34-42(35-33-39)57-58-53-30-16-17-31-54(53)59(57)44-22-8-3-9-23-44/h1-8,10-22,25-38,45H,9,23-24H2. The van der Waals surface area contributed by atoms with Crippen LogP contribution in [0.25, 0.3) is 88.6 Å². The molecule has 0 saturated heterocycles. The number of hydrogen-bond acceptors (Lipinski definition) is 1. The van der Waals surface area contributed by atoms with Gasteiger partial charge in [-0.3, -0.25) is 4.57 Å². The molecule has 9 aromatic rings. The third-order valence-electron chi connectivity index (χ3n) is 12.3. The average Bonchev–Trinajstić information content (AvgIpc) is 3.71. The van der Waals surface area contributed by atoms with E-state index in [4.69, 9.17) is 4.98 Å². The summed E-state index contributed by atoms with van der Waals surface area (Å²) >= 11 is 0. The van der Waals surface area contributed by atoms with Gasteiger partial charge in [0.15, 0.2) is 0 Å². The van der Waals surface area contributed by atoms with Crippen molar-refractivity contribution in [1.82, 2.24) is 9.55 Å². The van der Waals surface area contributed by atoms with Crippen molar-refractivity contribution in [1.29, 1.82) is 0 Å². The summed E-state index contributed by atoms with van der Waals surface area (Å²) in [6.45, 7) is 0. The molecular formula is C57H42N2. The molecule has 8 aromatic carbocycles. The van der Waals surface area contributed by atoms with Gasteiger partial charge in [-0.05, 0) is 115 Å². The third-order valence-corrected chi connectivity index (χ3v) is 12.3. The van der Waals surface area contributed by atoms with E-state index in [-0.39, 0.29) is 5.92 Å². The van der Waals surface area contributed by atoms with Crippen molar-refractivity contribution in [2.24, 2.45) is 0 Å². The SMILES string of the molecule is C1=CCCC(n2c(-c3ccc(-c4ccc5c(C6=CC=CCC6c6ccccc6)c6ccccc6c(-c6ccccc6-c6ccccc6)c5c4)cc3)nc3ccccc32)=C1. The highest BCUT2D eigenvalue weighted by molar-refractivity contribution is 6.21. The van der Waals surface area contributed by atoms with Crippen molar-refractivity contribution in [3.63, 3.8) is 0 Å². The molecule has 2 aliphatic rings. The Morgan fingerprint density at radius 1 is 0.475 bits per heavy atom. The Hall–Kier alpha value is -7.29. The van der Waals surface area contributed by atoms with Crippen molar-refractivity contribution >= 4 is 43.8 Å². The first-order valence-corrected chi connectivity index (χ1v) is 20.8. The molecule has 2 heteroatoms. The molecule has 1 unspecified atom stereocenters. The lowest BCUT2D eigenvalue weighted by atomic mass is 9.76. The van der Waals surface area contributed by atoms with E-state index in [1.807, 2.05) is 0 Å². The fourth-order valence-electron chi connectivity index (χ4n) is 9.52. The lowest BCUT2D eigenvalue weighted by Gasteiger charge is -2.27. The zero-order valence-electron chi connectivity index (χ0n) is 32.8. The second-order valence-electron chi connectivity index (χ2n) is 15.7.